The Morgan fingerprint density at radius 1 is 1.37 bits per heavy atom. The maximum atomic E-state index is 6.18. The molecule has 0 aliphatic rings. The SMILES string of the molecule is CCCOc1ccc(NCc2csc(Br)c2)cc1Cl. The number of nitrogens with one attached hydrogen (secondary N) is 1. The average Bonchev–Trinajstić information content (AvgIpc) is 2.81. The molecule has 1 aromatic carbocycles. The molecule has 0 aliphatic heterocycles. The third-order valence-electron chi connectivity index (χ3n) is 2.51. The van der Waals surface area contributed by atoms with Gasteiger partial charge in [-0.15, -0.1) is 11.3 Å². The molecule has 0 amide bonds. The van der Waals surface area contributed by atoms with Gasteiger partial charge in [0.2, 0.25) is 0 Å². The van der Waals surface area contributed by atoms with Crippen LogP contribution in [0.15, 0.2) is 33.4 Å². The quantitative estimate of drug-likeness (QED) is 0.727. The molecule has 1 aromatic heterocycles. The van der Waals surface area contributed by atoms with Gasteiger partial charge in [-0.1, -0.05) is 18.5 Å². The maximum Gasteiger partial charge on any atom is 0.138 e. The van der Waals surface area contributed by atoms with Crippen molar-refractivity contribution in [1.29, 1.82) is 0 Å². The molecule has 2 rings (SSSR count). The maximum absolute atomic E-state index is 6.18. The van der Waals surface area contributed by atoms with Crippen molar-refractivity contribution in [2.24, 2.45) is 0 Å². The smallest absolute Gasteiger partial charge is 0.138 e. The van der Waals surface area contributed by atoms with Crippen LogP contribution in [0.2, 0.25) is 5.02 Å². The molecule has 2 nitrogen and oxygen atoms in total. The van der Waals surface area contributed by atoms with Crippen LogP contribution in [-0.4, -0.2) is 6.61 Å². The Hall–Kier alpha value is -0.710. The van der Waals surface area contributed by atoms with Crippen LogP contribution < -0.4 is 10.1 Å². The van der Waals surface area contributed by atoms with Crippen LogP contribution in [0, 0.1) is 0 Å². The molecule has 0 unspecified atom stereocenters. The number of rotatable bonds is 6. The van der Waals surface area contributed by atoms with E-state index in [-0.39, 0.29) is 0 Å². The highest BCUT2D eigenvalue weighted by Crippen LogP contribution is 2.28. The van der Waals surface area contributed by atoms with E-state index in [9.17, 15) is 0 Å². The van der Waals surface area contributed by atoms with Crippen LogP contribution in [0.1, 0.15) is 18.9 Å². The summed E-state index contributed by atoms with van der Waals surface area (Å²) in [5.74, 6) is 0.743. The first kappa shape index (κ1) is 14.7. The van der Waals surface area contributed by atoms with E-state index in [1.54, 1.807) is 11.3 Å². The molecule has 5 heteroatoms. The number of anilines is 1. The standard InChI is InChI=1S/C14H15BrClNOS/c1-2-5-18-13-4-3-11(7-12(13)16)17-8-10-6-14(15)19-9-10/h3-4,6-7,9,17H,2,5,8H2,1H3. The first-order valence-electron chi connectivity index (χ1n) is 6.08. The van der Waals surface area contributed by atoms with Gasteiger partial charge in [0.15, 0.2) is 0 Å². The van der Waals surface area contributed by atoms with Gasteiger partial charge < -0.3 is 10.1 Å². The molecule has 0 aliphatic carbocycles. The van der Waals surface area contributed by atoms with Crippen molar-refractivity contribution in [3.63, 3.8) is 0 Å². The van der Waals surface area contributed by atoms with Gasteiger partial charge in [0, 0.05) is 12.2 Å². The molecule has 0 fully saturated rings. The summed E-state index contributed by atoms with van der Waals surface area (Å²) in [6.07, 6.45) is 0.976. The van der Waals surface area contributed by atoms with Crippen molar-refractivity contribution < 1.29 is 4.74 Å². The van der Waals surface area contributed by atoms with Crippen molar-refractivity contribution >= 4 is 44.6 Å². The molecule has 0 bridgehead atoms. The lowest BCUT2D eigenvalue weighted by Gasteiger charge is -2.10. The average molecular weight is 361 g/mol. The zero-order valence-corrected chi connectivity index (χ0v) is 13.7. The Bertz CT molecular complexity index is 544. The molecular weight excluding hydrogens is 346 g/mol. The fourth-order valence-corrected chi connectivity index (χ4v) is 3.03. The van der Waals surface area contributed by atoms with E-state index in [4.69, 9.17) is 16.3 Å². The van der Waals surface area contributed by atoms with Crippen molar-refractivity contribution in [3.8, 4) is 5.75 Å². The van der Waals surface area contributed by atoms with Crippen LogP contribution in [0.5, 0.6) is 5.75 Å². The lowest BCUT2D eigenvalue weighted by molar-refractivity contribution is 0.317. The van der Waals surface area contributed by atoms with Gasteiger partial charge in [-0.2, -0.15) is 0 Å². The first-order chi connectivity index (χ1) is 9.19. The van der Waals surface area contributed by atoms with Crippen molar-refractivity contribution in [2.75, 3.05) is 11.9 Å². The highest BCUT2D eigenvalue weighted by atomic mass is 79.9. The Morgan fingerprint density at radius 2 is 2.21 bits per heavy atom. The Morgan fingerprint density at radius 3 is 2.84 bits per heavy atom. The van der Waals surface area contributed by atoms with Crippen LogP contribution in [0.4, 0.5) is 5.69 Å². The Kier molecular flexibility index (Phi) is 5.55. The fourth-order valence-electron chi connectivity index (χ4n) is 1.58. The minimum Gasteiger partial charge on any atom is -0.492 e. The molecule has 19 heavy (non-hydrogen) atoms. The largest absolute Gasteiger partial charge is 0.492 e. The Labute approximate surface area is 130 Å². The van der Waals surface area contributed by atoms with Crippen LogP contribution >= 0.6 is 38.9 Å². The predicted octanol–water partition coefficient (Wildman–Crippen LogP) is 5.56. The first-order valence-corrected chi connectivity index (χ1v) is 8.13. The molecule has 1 N–H and O–H groups in total. The lowest BCUT2D eigenvalue weighted by atomic mass is 10.2. The highest BCUT2D eigenvalue weighted by Gasteiger charge is 2.03. The summed E-state index contributed by atoms with van der Waals surface area (Å²) in [5, 5.41) is 6.11. The third kappa shape index (κ3) is 4.41. The lowest BCUT2D eigenvalue weighted by Crippen LogP contribution is -1.99. The van der Waals surface area contributed by atoms with E-state index in [1.807, 2.05) is 18.2 Å². The second-order valence-electron chi connectivity index (χ2n) is 4.11. The minimum atomic E-state index is 0.643. The molecule has 1 heterocycles. The van der Waals surface area contributed by atoms with Gasteiger partial charge in [0.25, 0.3) is 0 Å². The molecule has 0 atom stereocenters. The van der Waals surface area contributed by atoms with Crippen LogP contribution in [-0.2, 0) is 6.54 Å². The van der Waals surface area contributed by atoms with Crippen LogP contribution in [0.25, 0.3) is 0 Å². The third-order valence-corrected chi connectivity index (χ3v) is 4.36. The number of thiophene rings is 1. The summed E-state index contributed by atoms with van der Waals surface area (Å²) in [4.78, 5) is 0. The van der Waals surface area contributed by atoms with E-state index >= 15 is 0 Å². The van der Waals surface area contributed by atoms with E-state index in [1.165, 1.54) is 5.56 Å². The van der Waals surface area contributed by atoms with Gasteiger partial charge in [-0.25, -0.2) is 0 Å². The van der Waals surface area contributed by atoms with E-state index in [2.05, 4.69) is 39.6 Å². The Balaban J connectivity index is 1.95. The molecule has 0 spiro atoms. The topological polar surface area (TPSA) is 21.3 Å². The summed E-state index contributed by atoms with van der Waals surface area (Å²) in [6, 6.07) is 7.90. The molecule has 102 valence electrons. The van der Waals surface area contributed by atoms with Crippen LogP contribution in [0.3, 0.4) is 0 Å². The zero-order valence-electron chi connectivity index (χ0n) is 10.6. The van der Waals surface area contributed by atoms with E-state index in [0.29, 0.717) is 11.6 Å². The number of hydrogen-bond acceptors (Lipinski definition) is 3. The van der Waals surface area contributed by atoms with E-state index in [0.717, 1.165) is 28.2 Å². The normalized spacial score (nSPS) is 10.5. The summed E-state index contributed by atoms with van der Waals surface area (Å²) < 4.78 is 6.69. The van der Waals surface area contributed by atoms with Crippen molar-refractivity contribution in [2.45, 2.75) is 19.9 Å². The van der Waals surface area contributed by atoms with Gasteiger partial charge >= 0.3 is 0 Å². The highest BCUT2D eigenvalue weighted by molar-refractivity contribution is 9.11. The van der Waals surface area contributed by atoms with Gasteiger partial charge in [-0.05, 0) is 57.6 Å². The molecule has 2 aromatic rings. The van der Waals surface area contributed by atoms with Gasteiger partial charge in [0.1, 0.15) is 5.75 Å². The van der Waals surface area contributed by atoms with Crippen molar-refractivity contribution in [1.82, 2.24) is 0 Å². The fraction of sp³-hybridized carbons (Fsp3) is 0.286. The minimum absolute atomic E-state index is 0.643. The molecular formula is C14H15BrClNOS. The molecule has 0 saturated carbocycles. The van der Waals surface area contributed by atoms with Gasteiger partial charge in [-0.3, -0.25) is 0 Å². The summed E-state index contributed by atoms with van der Waals surface area (Å²) in [5.41, 5.74) is 2.25. The predicted molar refractivity (Wildman–Crippen MR) is 86.6 cm³/mol. The van der Waals surface area contributed by atoms with Crippen molar-refractivity contribution in [3.05, 3.63) is 44.0 Å². The number of benzene rings is 1. The second kappa shape index (κ2) is 7.17. The van der Waals surface area contributed by atoms with E-state index < -0.39 is 0 Å². The van der Waals surface area contributed by atoms with Gasteiger partial charge in [0.05, 0.1) is 15.4 Å². The summed E-state index contributed by atoms with van der Waals surface area (Å²) in [6.45, 7) is 3.55. The molecule has 0 radical (unpaired) electrons. The summed E-state index contributed by atoms with van der Waals surface area (Å²) in [7, 11) is 0. The second-order valence-corrected chi connectivity index (χ2v) is 6.80. The zero-order chi connectivity index (χ0) is 13.7. The summed E-state index contributed by atoms with van der Waals surface area (Å²) >= 11 is 11.3. The monoisotopic (exact) mass is 359 g/mol. The molecule has 0 saturated heterocycles. The number of halogens is 2. The number of hydrogen-bond donors (Lipinski definition) is 1. The number of ether oxygens (including phenoxy) is 1.